The summed E-state index contributed by atoms with van der Waals surface area (Å²) in [5, 5.41) is 11.9. The minimum Gasteiger partial charge on any atom is -0.355 e. The van der Waals surface area contributed by atoms with E-state index in [4.69, 9.17) is 0 Å². The van der Waals surface area contributed by atoms with Gasteiger partial charge in [-0.3, -0.25) is 4.79 Å². The Morgan fingerprint density at radius 2 is 1.92 bits per heavy atom. The van der Waals surface area contributed by atoms with Crippen LogP contribution in [-0.4, -0.2) is 35.2 Å². The minimum absolute atomic E-state index is 0.111. The number of rotatable bonds is 5. The Balaban J connectivity index is 1.60. The fourth-order valence-corrected chi connectivity index (χ4v) is 3.33. The number of anilines is 1. The van der Waals surface area contributed by atoms with Crippen LogP contribution in [-0.2, 0) is 4.79 Å². The van der Waals surface area contributed by atoms with Crippen LogP contribution in [0.4, 0.5) is 5.82 Å². The summed E-state index contributed by atoms with van der Waals surface area (Å²) in [6.45, 7) is 7.92. The van der Waals surface area contributed by atoms with Gasteiger partial charge in [0, 0.05) is 30.6 Å². The molecule has 2 aromatic rings. The maximum absolute atomic E-state index is 12.3. The zero-order valence-electron chi connectivity index (χ0n) is 15.9. The van der Waals surface area contributed by atoms with Gasteiger partial charge in [-0.25, -0.2) is 0 Å². The second kappa shape index (κ2) is 8.30. The van der Waals surface area contributed by atoms with E-state index in [0.717, 1.165) is 49.4 Å². The van der Waals surface area contributed by atoms with E-state index in [1.54, 1.807) is 0 Å². The summed E-state index contributed by atoms with van der Waals surface area (Å²) in [6, 6.07) is 12.5. The van der Waals surface area contributed by atoms with E-state index in [9.17, 15) is 4.79 Å². The van der Waals surface area contributed by atoms with E-state index >= 15 is 0 Å². The van der Waals surface area contributed by atoms with Gasteiger partial charge in [0.05, 0.1) is 5.69 Å². The number of hydrogen-bond donors (Lipinski definition) is 1. The summed E-state index contributed by atoms with van der Waals surface area (Å²) < 4.78 is 0. The summed E-state index contributed by atoms with van der Waals surface area (Å²) in [6.07, 6.45) is 2.69. The van der Waals surface area contributed by atoms with Gasteiger partial charge in [0.2, 0.25) is 5.91 Å². The van der Waals surface area contributed by atoms with Gasteiger partial charge in [-0.2, -0.15) is 0 Å². The molecule has 1 aromatic carbocycles. The lowest BCUT2D eigenvalue weighted by Gasteiger charge is -2.32. The maximum Gasteiger partial charge on any atom is 0.223 e. The van der Waals surface area contributed by atoms with Crippen LogP contribution in [0.15, 0.2) is 36.4 Å². The molecule has 1 aromatic heterocycles. The zero-order chi connectivity index (χ0) is 18.5. The highest BCUT2D eigenvalue weighted by Crippen LogP contribution is 2.25. The van der Waals surface area contributed by atoms with Gasteiger partial charge in [0.15, 0.2) is 5.82 Å². The van der Waals surface area contributed by atoms with Crippen LogP contribution in [0.2, 0.25) is 0 Å². The van der Waals surface area contributed by atoms with Crippen molar-refractivity contribution in [1.82, 2.24) is 15.5 Å². The fourth-order valence-electron chi connectivity index (χ4n) is 3.33. The number of nitrogens with zero attached hydrogens (tertiary/aromatic N) is 3. The van der Waals surface area contributed by atoms with Crippen molar-refractivity contribution in [1.29, 1.82) is 0 Å². The first-order chi connectivity index (χ1) is 12.6. The fraction of sp³-hybridized carbons (Fsp3) is 0.476. The lowest BCUT2D eigenvalue weighted by molar-refractivity contribution is -0.126. The first kappa shape index (κ1) is 18.4. The third kappa shape index (κ3) is 4.21. The van der Waals surface area contributed by atoms with Crippen LogP contribution in [0.5, 0.6) is 0 Å². The summed E-state index contributed by atoms with van der Waals surface area (Å²) in [5.41, 5.74) is 3.21. The van der Waals surface area contributed by atoms with Crippen molar-refractivity contribution in [3.05, 3.63) is 42.0 Å². The molecule has 26 heavy (non-hydrogen) atoms. The minimum atomic E-state index is 0.111. The molecule has 2 heterocycles. The average molecular weight is 352 g/mol. The van der Waals surface area contributed by atoms with Gasteiger partial charge in [0.25, 0.3) is 0 Å². The highest BCUT2D eigenvalue weighted by Gasteiger charge is 2.26. The summed E-state index contributed by atoms with van der Waals surface area (Å²) in [7, 11) is 0. The van der Waals surface area contributed by atoms with Crippen molar-refractivity contribution in [2.24, 2.45) is 5.92 Å². The maximum atomic E-state index is 12.3. The molecule has 3 rings (SSSR count). The van der Waals surface area contributed by atoms with E-state index in [0.29, 0.717) is 0 Å². The van der Waals surface area contributed by atoms with Crippen LogP contribution in [0.3, 0.4) is 0 Å². The number of nitrogens with one attached hydrogen (secondary N) is 1. The molecule has 1 aliphatic rings. The molecule has 1 atom stereocenters. The second-order valence-corrected chi connectivity index (χ2v) is 7.17. The Labute approximate surface area is 155 Å². The molecule has 0 bridgehead atoms. The normalized spacial score (nSPS) is 16.3. The highest BCUT2D eigenvalue weighted by molar-refractivity contribution is 5.79. The topological polar surface area (TPSA) is 58.1 Å². The molecule has 5 heteroatoms. The summed E-state index contributed by atoms with van der Waals surface area (Å²) >= 11 is 0. The Bertz CT molecular complexity index is 736. The van der Waals surface area contributed by atoms with Gasteiger partial charge in [-0.15, -0.1) is 10.2 Å². The van der Waals surface area contributed by atoms with E-state index in [1.165, 1.54) is 5.56 Å². The number of carbonyl (C=O) groups is 1. The molecular formula is C21H28N4O. The van der Waals surface area contributed by atoms with Crippen molar-refractivity contribution in [2.75, 3.05) is 18.0 Å². The molecule has 5 nitrogen and oxygen atoms in total. The number of amides is 1. The largest absolute Gasteiger partial charge is 0.355 e. The number of benzene rings is 1. The van der Waals surface area contributed by atoms with Crippen molar-refractivity contribution in [3.8, 4) is 11.3 Å². The lowest BCUT2D eigenvalue weighted by Crippen LogP contribution is -2.43. The molecule has 1 unspecified atom stereocenters. The predicted molar refractivity (Wildman–Crippen MR) is 105 cm³/mol. The monoisotopic (exact) mass is 352 g/mol. The first-order valence-corrected chi connectivity index (χ1v) is 9.53. The summed E-state index contributed by atoms with van der Waals surface area (Å²) in [4.78, 5) is 14.5. The first-order valence-electron chi connectivity index (χ1n) is 9.53. The van der Waals surface area contributed by atoms with Gasteiger partial charge in [0.1, 0.15) is 0 Å². The molecule has 0 spiro atoms. The van der Waals surface area contributed by atoms with Gasteiger partial charge < -0.3 is 10.2 Å². The van der Waals surface area contributed by atoms with E-state index < -0.39 is 0 Å². The molecule has 1 saturated heterocycles. The van der Waals surface area contributed by atoms with E-state index in [2.05, 4.69) is 53.3 Å². The number of hydrogen-bond acceptors (Lipinski definition) is 4. The molecular weight excluding hydrogens is 324 g/mol. The van der Waals surface area contributed by atoms with Crippen molar-refractivity contribution in [3.63, 3.8) is 0 Å². The van der Waals surface area contributed by atoms with Crippen molar-refractivity contribution >= 4 is 11.7 Å². The standard InChI is InChI=1S/C21H28N4O/c1-4-16(3)22-21(26)17-11-13-25(14-12-17)20-10-9-19(23-24-20)18-8-6-5-7-15(18)2/h5-10,16-17H,4,11-14H2,1-3H3,(H,22,26). The van der Waals surface area contributed by atoms with Crippen LogP contribution in [0, 0.1) is 12.8 Å². The van der Waals surface area contributed by atoms with Crippen LogP contribution < -0.4 is 10.2 Å². The molecule has 138 valence electrons. The van der Waals surface area contributed by atoms with E-state index in [1.807, 2.05) is 24.3 Å². The number of aryl methyl sites for hydroxylation is 1. The second-order valence-electron chi connectivity index (χ2n) is 7.17. The van der Waals surface area contributed by atoms with Crippen LogP contribution in [0.1, 0.15) is 38.7 Å². The molecule has 1 N–H and O–H groups in total. The molecule has 1 fully saturated rings. The quantitative estimate of drug-likeness (QED) is 0.893. The van der Waals surface area contributed by atoms with Crippen LogP contribution >= 0.6 is 0 Å². The predicted octanol–water partition coefficient (Wildman–Crippen LogP) is 3.58. The third-order valence-corrected chi connectivity index (χ3v) is 5.26. The van der Waals surface area contributed by atoms with E-state index in [-0.39, 0.29) is 17.9 Å². The van der Waals surface area contributed by atoms with Crippen molar-refractivity contribution < 1.29 is 4.79 Å². The third-order valence-electron chi connectivity index (χ3n) is 5.26. The number of piperidine rings is 1. The Morgan fingerprint density at radius 1 is 1.19 bits per heavy atom. The Kier molecular flexibility index (Phi) is 5.86. The lowest BCUT2D eigenvalue weighted by atomic mass is 9.95. The smallest absolute Gasteiger partial charge is 0.223 e. The molecule has 0 saturated carbocycles. The molecule has 1 aliphatic heterocycles. The SMILES string of the molecule is CCC(C)NC(=O)C1CCN(c2ccc(-c3ccccc3C)nn2)CC1. The van der Waals surface area contributed by atoms with Gasteiger partial charge in [-0.05, 0) is 50.8 Å². The molecule has 1 amide bonds. The number of aromatic nitrogens is 2. The molecule has 0 radical (unpaired) electrons. The molecule has 0 aliphatic carbocycles. The Morgan fingerprint density at radius 3 is 2.54 bits per heavy atom. The summed E-state index contributed by atoms with van der Waals surface area (Å²) in [5.74, 6) is 1.20. The number of carbonyl (C=O) groups excluding carboxylic acids is 1. The van der Waals surface area contributed by atoms with Gasteiger partial charge >= 0.3 is 0 Å². The zero-order valence-corrected chi connectivity index (χ0v) is 15.9. The van der Waals surface area contributed by atoms with Crippen molar-refractivity contribution in [2.45, 2.75) is 46.1 Å². The van der Waals surface area contributed by atoms with Crippen LogP contribution in [0.25, 0.3) is 11.3 Å². The highest BCUT2D eigenvalue weighted by atomic mass is 16.1. The average Bonchev–Trinajstić information content (AvgIpc) is 2.68. The van der Waals surface area contributed by atoms with Gasteiger partial charge in [-0.1, -0.05) is 31.2 Å². The Hall–Kier alpha value is -2.43.